The van der Waals surface area contributed by atoms with E-state index in [0.717, 1.165) is 70.3 Å². The van der Waals surface area contributed by atoms with Gasteiger partial charge in [-0.3, -0.25) is 9.69 Å². The first-order valence-electron chi connectivity index (χ1n) is 10.2. The standard InChI is InChI=1S/C20H32N4O3/c1-3-4-16-13-21-15(2)22-20(16)24-8-7-18(23-9-11-27-12-10-23)17(14-24)5-6-19(25)26/h13,17-18H,3-12,14H2,1-2H3,(H,25,26). The van der Waals surface area contributed by atoms with Crippen molar-refractivity contribution in [3.8, 4) is 0 Å². The molecule has 3 rings (SSSR count). The Kier molecular flexibility index (Phi) is 7.01. The van der Waals surface area contributed by atoms with Gasteiger partial charge < -0.3 is 14.7 Å². The van der Waals surface area contributed by atoms with Crippen LogP contribution in [0.4, 0.5) is 5.82 Å². The monoisotopic (exact) mass is 376 g/mol. The Hall–Kier alpha value is -1.73. The van der Waals surface area contributed by atoms with Gasteiger partial charge in [0.2, 0.25) is 0 Å². The summed E-state index contributed by atoms with van der Waals surface area (Å²) < 4.78 is 5.51. The molecule has 2 saturated heterocycles. The summed E-state index contributed by atoms with van der Waals surface area (Å²) in [7, 11) is 0. The molecule has 0 amide bonds. The molecule has 1 aromatic rings. The van der Waals surface area contributed by atoms with Crippen LogP contribution in [0.25, 0.3) is 0 Å². The minimum Gasteiger partial charge on any atom is -0.481 e. The number of aromatic nitrogens is 2. The van der Waals surface area contributed by atoms with E-state index in [1.807, 2.05) is 13.1 Å². The van der Waals surface area contributed by atoms with Gasteiger partial charge in [-0.15, -0.1) is 0 Å². The van der Waals surface area contributed by atoms with Crippen LogP contribution in [0, 0.1) is 12.8 Å². The van der Waals surface area contributed by atoms with Crippen LogP contribution in [0.15, 0.2) is 6.20 Å². The molecule has 0 radical (unpaired) electrons. The molecule has 2 fully saturated rings. The van der Waals surface area contributed by atoms with E-state index in [1.165, 1.54) is 5.56 Å². The molecule has 2 aliphatic heterocycles. The van der Waals surface area contributed by atoms with Crippen LogP contribution in [0.1, 0.15) is 44.0 Å². The summed E-state index contributed by atoms with van der Waals surface area (Å²) in [6.07, 6.45) is 5.97. The lowest BCUT2D eigenvalue weighted by Gasteiger charge is -2.45. The fraction of sp³-hybridized carbons (Fsp3) is 0.750. The Labute approximate surface area is 161 Å². The van der Waals surface area contributed by atoms with Crippen LogP contribution in [-0.4, -0.2) is 71.4 Å². The highest BCUT2D eigenvalue weighted by molar-refractivity contribution is 5.66. The van der Waals surface area contributed by atoms with Gasteiger partial charge in [0.1, 0.15) is 11.6 Å². The average Bonchev–Trinajstić information content (AvgIpc) is 2.68. The minimum absolute atomic E-state index is 0.226. The zero-order chi connectivity index (χ0) is 19.2. The first-order valence-corrected chi connectivity index (χ1v) is 10.2. The number of hydrogen-bond acceptors (Lipinski definition) is 6. The maximum Gasteiger partial charge on any atom is 0.303 e. The third-order valence-electron chi connectivity index (χ3n) is 5.72. The molecule has 2 atom stereocenters. The lowest BCUT2D eigenvalue weighted by atomic mass is 9.86. The highest BCUT2D eigenvalue weighted by atomic mass is 16.5. The van der Waals surface area contributed by atoms with E-state index < -0.39 is 5.97 Å². The van der Waals surface area contributed by atoms with Crippen molar-refractivity contribution < 1.29 is 14.6 Å². The van der Waals surface area contributed by atoms with Gasteiger partial charge >= 0.3 is 5.97 Å². The molecule has 2 unspecified atom stereocenters. The van der Waals surface area contributed by atoms with E-state index in [9.17, 15) is 9.90 Å². The summed E-state index contributed by atoms with van der Waals surface area (Å²) >= 11 is 0. The Bertz CT molecular complexity index is 634. The number of carbonyl (C=O) groups is 1. The minimum atomic E-state index is -0.711. The first-order chi connectivity index (χ1) is 13.1. The van der Waals surface area contributed by atoms with Crippen molar-refractivity contribution in [2.24, 2.45) is 5.92 Å². The zero-order valence-electron chi connectivity index (χ0n) is 16.6. The van der Waals surface area contributed by atoms with E-state index in [1.54, 1.807) is 0 Å². The third kappa shape index (κ3) is 5.17. The SMILES string of the molecule is CCCc1cnc(C)nc1N1CCC(N2CCOCC2)C(CCC(=O)O)C1. The normalized spacial score (nSPS) is 24.1. The van der Waals surface area contributed by atoms with Gasteiger partial charge in [-0.1, -0.05) is 13.3 Å². The topological polar surface area (TPSA) is 78.8 Å². The average molecular weight is 377 g/mol. The summed E-state index contributed by atoms with van der Waals surface area (Å²) in [5, 5.41) is 9.21. The highest BCUT2D eigenvalue weighted by Gasteiger charge is 2.35. The van der Waals surface area contributed by atoms with Gasteiger partial charge in [0.25, 0.3) is 0 Å². The predicted octanol–water partition coefficient (Wildman–Crippen LogP) is 2.13. The molecule has 0 bridgehead atoms. The number of hydrogen-bond donors (Lipinski definition) is 1. The van der Waals surface area contributed by atoms with Crippen molar-refractivity contribution in [2.45, 2.75) is 52.0 Å². The van der Waals surface area contributed by atoms with Crippen molar-refractivity contribution in [2.75, 3.05) is 44.3 Å². The van der Waals surface area contributed by atoms with Crippen molar-refractivity contribution in [3.63, 3.8) is 0 Å². The Morgan fingerprint density at radius 1 is 1.33 bits per heavy atom. The predicted molar refractivity (Wildman–Crippen MR) is 104 cm³/mol. The van der Waals surface area contributed by atoms with E-state index in [2.05, 4.69) is 21.7 Å². The first kappa shape index (κ1) is 20.0. The van der Waals surface area contributed by atoms with E-state index in [0.29, 0.717) is 18.4 Å². The number of morpholine rings is 1. The van der Waals surface area contributed by atoms with Crippen LogP contribution in [0.2, 0.25) is 0 Å². The molecule has 0 aromatic carbocycles. The lowest BCUT2D eigenvalue weighted by molar-refractivity contribution is -0.137. The number of anilines is 1. The van der Waals surface area contributed by atoms with E-state index in [4.69, 9.17) is 9.72 Å². The van der Waals surface area contributed by atoms with Crippen molar-refractivity contribution in [1.82, 2.24) is 14.9 Å². The van der Waals surface area contributed by atoms with Gasteiger partial charge in [0.05, 0.1) is 13.2 Å². The number of aliphatic carboxylic acids is 1. The molecule has 7 nitrogen and oxygen atoms in total. The largest absolute Gasteiger partial charge is 0.481 e. The molecule has 0 spiro atoms. The van der Waals surface area contributed by atoms with Crippen LogP contribution in [0.5, 0.6) is 0 Å². The molecule has 0 saturated carbocycles. The number of carboxylic acids is 1. The fourth-order valence-electron chi connectivity index (χ4n) is 4.40. The zero-order valence-corrected chi connectivity index (χ0v) is 16.6. The fourth-order valence-corrected chi connectivity index (χ4v) is 4.40. The molecule has 2 aliphatic rings. The molecular weight excluding hydrogens is 344 g/mol. The molecule has 150 valence electrons. The quantitative estimate of drug-likeness (QED) is 0.781. The second kappa shape index (κ2) is 9.46. The van der Waals surface area contributed by atoms with E-state index >= 15 is 0 Å². The molecule has 0 aliphatic carbocycles. The van der Waals surface area contributed by atoms with Crippen molar-refractivity contribution in [3.05, 3.63) is 17.6 Å². The molecule has 3 heterocycles. The molecular formula is C20H32N4O3. The van der Waals surface area contributed by atoms with Crippen molar-refractivity contribution >= 4 is 11.8 Å². The number of carboxylic acid groups (broad SMARTS) is 1. The second-order valence-corrected chi connectivity index (χ2v) is 7.66. The van der Waals surface area contributed by atoms with Crippen LogP contribution in [-0.2, 0) is 16.0 Å². The van der Waals surface area contributed by atoms with Crippen LogP contribution in [0.3, 0.4) is 0 Å². The molecule has 1 N–H and O–H groups in total. The molecule has 27 heavy (non-hydrogen) atoms. The smallest absolute Gasteiger partial charge is 0.303 e. The number of piperidine rings is 1. The van der Waals surface area contributed by atoms with Gasteiger partial charge in [0, 0.05) is 50.4 Å². The van der Waals surface area contributed by atoms with Gasteiger partial charge in [-0.05, 0) is 32.1 Å². The maximum atomic E-state index is 11.2. The summed E-state index contributed by atoms with van der Waals surface area (Å²) in [4.78, 5) is 25.2. The molecule has 1 aromatic heterocycles. The lowest BCUT2D eigenvalue weighted by Crippen LogP contribution is -2.54. The second-order valence-electron chi connectivity index (χ2n) is 7.66. The summed E-state index contributed by atoms with van der Waals surface area (Å²) in [5.74, 6) is 1.46. The van der Waals surface area contributed by atoms with Crippen molar-refractivity contribution in [1.29, 1.82) is 0 Å². The summed E-state index contributed by atoms with van der Waals surface area (Å²) in [6.45, 7) is 9.37. The summed E-state index contributed by atoms with van der Waals surface area (Å²) in [6, 6.07) is 0.432. The highest BCUT2D eigenvalue weighted by Crippen LogP contribution is 2.31. The van der Waals surface area contributed by atoms with E-state index in [-0.39, 0.29) is 6.42 Å². The van der Waals surface area contributed by atoms with Gasteiger partial charge in [0.15, 0.2) is 0 Å². The number of aryl methyl sites for hydroxylation is 2. The van der Waals surface area contributed by atoms with Gasteiger partial charge in [-0.2, -0.15) is 0 Å². The Morgan fingerprint density at radius 3 is 2.81 bits per heavy atom. The number of rotatable bonds is 7. The Morgan fingerprint density at radius 2 is 2.11 bits per heavy atom. The van der Waals surface area contributed by atoms with Gasteiger partial charge in [-0.25, -0.2) is 9.97 Å². The molecule has 7 heteroatoms. The van der Waals surface area contributed by atoms with Crippen LogP contribution < -0.4 is 4.90 Å². The van der Waals surface area contributed by atoms with Crippen LogP contribution >= 0.6 is 0 Å². The number of ether oxygens (including phenoxy) is 1. The maximum absolute atomic E-state index is 11.2. The summed E-state index contributed by atoms with van der Waals surface area (Å²) in [5.41, 5.74) is 1.20. The Balaban J connectivity index is 1.78. The number of nitrogens with zero attached hydrogens (tertiary/aromatic N) is 4. The third-order valence-corrected chi connectivity index (χ3v) is 5.72.